The summed E-state index contributed by atoms with van der Waals surface area (Å²) in [6.45, 7) is 0. The average molecular weight is 296 g/mol. The SMILES string of the molecule is CNC(=O)c1ccc(Cl)c(NC(=O)C2CCC(N)C2)c1. The quantitative estimate of drug-likeness (QED) is 0.794. The number of nitrogens with one attached hydrogen (secondary N) is 2. The minimum Gasteiger partial charge on any atom is -0.355 e. The third-order valence-corrected chi connectivity index (χ3v) is 3.89. The number of benzene rings is 1. The number of rotatable bonds is 3. The summed E-state index contributed by atoms with van der Waals surface area (Å²) < 4.78 is 0. The molecule has 0 aromatic heterocycles. The zero-order valence-electron chi connectivity index (χ0n) is 11.3. The number of amides is 2. The second-order valence-corrected chi connectivity index (χ2v) is 5.44. The Kier molecular flexibility index (Phi) is 4.62. The van der Waals surface area contributed by atoms with Gasteiger partial charge in [-0.05, 0) is 37.5 Å². The van der Waals surface area contributed by atoms with Crippen molar-refractivity contribution in [2.45, 2.75) is 25.3 Å². The maximum Gasteiger partial charge on any atom is 0.251 e. The Hall–Kier alpha value is -1.59. The molecule has 0 bridgehead atoms. The first-order valence-corrected chi connectivity index (χ1v) is 6.97. The van der Waals surface area contributed by atoms with E-state index >= 15 is 0 Å². The number of carbonyl (C=O) groups is 2. The van der Waals surface area contributed by atoms with Gasteiger partial charge in [0, 0.05) is 24.6 Å². The molecule has 1 saturated carbocycles. The third-order valence-electron chi connectivity index (χ3n) is 3.56. The van der Waals surface area contributed by atoms with Crippen LogP contribution in [0.3, 0.4) is 0 Å². The second kappa shape index (κ2) is 6.24. The van der Waals surface area contributed by atoms with E-state index in [1.54, 1.807) is 25.2 Å². The summed E-state index contributed by atoms with van der Waals surface area (Å²) in [6.07, 6.45) is 2.35. The standard InChI is InChI=1S/C14H18ClN3O2/c1-17-13(19)9-3-5-11(15)12(7-9)18-14(20)8-2-4-10(16)6-8/h3,5,7-8,10H,2,4,6,16H2,1H3,(H,17,19)(H,18,20). The van der Waals surface area contributed by atoms with Crippen LogP contribution in [0.25, 0.3) is 0 Å². The maximum atomic E-state index is 12.1. The molecule has 0 radical (unpaired) electrons. The Balaban J connectivity index is 2.12. The van der Waals surface area contributed by atoms with E-state index in [0.717, 1.165) is 12.8 Å². The van der Waals surface area contributed by atoms with E-state index in [4.69, 9.17) is 17.3 Å². The lowest BCUT2D eigenvalue weighted by molar-refractivity contribution is -0.119. The van der Waals surface area contributed by atoms with Crippen LogP contribution in [0.15, 0.2) is 18.2 Å². The Morgan fingerprint density at radius 3 is 2.70 bits per heavy atom. The van der Waals surface area contributed by atoms with Gasteiger partial charge in [0.15, 0.2) is 0 Å². The van der Waals surface area contributed by atoms with Crippen molar-refractivity contribution in [2.75, 3.05) is 12.4 Å². The molecule has 5 nitrogen and oxygen atoms in total. The summed E-state index contributed by atoms with van der Waals surface area (Å²) in [5.41, 5.74) is 6.72. The fourth-order valence-electron chi connectivity index (χ4n) is 2.40. The predicted octanol–water partition coefficient (Wildman–Crippen LogP) is 1.77. The third kappa shape index (κ3) is 3.29. The molecule has 20 heavy (non-hydrogen) atoms. The van der Waals surface area contributed by atoms with Gasteiger partial charge in [0.1, 0.15) is 0 Å². The maximum absolute atomic E-state index is 12.1. The molecule has 6 heteroatoms. The molecule has 2 rings (SSSR count). The summed E-state index contributed by atoms with van der Waals surface area (Å²) in [6, 6.07) is 4.89. The molecule has 4 N–H and O–H groups in total. The van der Waals surface area contributed by atoms with Crippen LogP contribution in [0.1, 0.15) is 29.6 Å². The second-order valence-electron chi connectivity index (χ2n) is 5.03. The number of hydrogen-bond donors (Lipinski definition) is 3. The number of nitrogens with two attached hydrogens (primary N) is 1. The first-order chi connectivity index (χ1) is 9.51. The van der Waals surface area contributed by atoms with Gasteiger partial charge in [0.2, 0.25) is 5.91 Å². The van der Waals surface area contributed by atoms with Crippen molar-refractivity contribution >= 4 is 29.1 Å². The molecular weight excluding hydrogens is 278 g/mol. The number of hydrogen-bond acceptors (Lipinski definition) is 3. The van der Waals surface area contributed by atoms with Crippen LogP contribution < -0.4 is 16.4 Å². The van der Waals surface area contributed by atoms with Crippen molar-refractivity contribution < 1.29 is 9.59 Å². The lowest BCUT2D eigenvalue weighted by Crippen LogP contribution is -2.24. The van der Waals surface area contributed by atoms with E-state index in [0.29, 0.717) is 22.7 Å². The molecule has 0 aliphatic heterocycles. The van der Waals surface area contributed by atoms with Crippen LogP contribution in [-0.4, -0.2) is 24.9 Å². The van der Waals surface area contributed by atoms with Crippen LogP contribution in [0.5, 0.6) is 0 Å². The molecule has 0 spiro atoms. The van der Waals surface area contributed by atoms with Crippen LogP contribution in [-0.2, 0) is 4.79 Å². The van der Waals surface area contributed by atoms with Crippen LogP contribution in [0, 0.1) is 5.92 Å². The van der Waals surface area contributed by atoms with Gasteiger partial charge in [-0.25, -0.2) is 0 Å². The van der Waals surface area contributed by atoms with Crippen molar-refractivity contribution in [2.24, 2.45) is 11.7 Å². The minimum absolute atomic E-state index is 0.0790. The molecule has 2 amide bonds. The fraction of sp³-hybridized carbons (Fsp3) is 0.429. The summed E-state index contributed by atoms with van der Waals surface area (Å²) in [4.78, 5) is 23.7. The summed E-state index contributed by atoms with van der Waals surface area (Å²) in [7, 11) is 1.55. The Labute approximate surface area is 122 Å². The van der Waals surface area contributed by atoms with Crippen molar-refractivity contribution in [3.8, 4) is 0 Å². The highest BCUT2D eigenvalue weighted by Crippen LogP contribution is 2.28. The Bertz CT molecular complexity index is 533. The smallest absolute Gasteiger partial charge is 0.251 e. The zero-order chi connectivity index (χ0) is 14.7. The molecule has 1 fully saturated rings. The molecule has 1 aromatic carbocycles. The first kappa shape index (κ1) is 14.8. The molecule has 1 aliphatic rings. The molecular formula is C14H18ClN3O2. The van der Waals surface area contributed by atoms with Gasteiger partial charge in [-0.15, -0.1) is 0 Å². The summed E-state index contributed by atoms with van der Waals surface area (Å²) in [5.74, 6) is -0.390. The lowest BCUT2D eigenvalue weighted by atomic mass is 10.1. The van der Waals surface area contributed by atoms with Gasteiger partial charge < -0.3 is 16.4 Å². The van der Waals surface area contributed by atoms with Crippen molar-refractivity contribution in [3.63, 3.8) is 0 Å². The van der Waals surface area contributed by atoms with Crippen LogP contribution in [0.4, 0.5) is 5.69 Å². The highest BCUT2D eigenvalue weighted by atomic mass is 35.5. The van der Waals surface area contributed by atoms with Crippen LogP contribution >= 0.6 is 11.6 Å². The van der Waals surface area contributed by atoms with Crippen molar-refractivity contribution in [1.82, 2.24) is 5.32 Å². The largest absolute Gasteiger partial charge is 0.355 e. The van der Waals surface area contributed by atoms with E-state index in [1.165, 1.54) is 0 Å². The predicted molar refractivity (Wildman–Crippen MR) is 78.8 cm³/mol. The minimum atomic E-state index is -0.222. The highest BCUT2D eigenvalue weighted by Gasteiger charge is 2.28. The number of anilines is 1. The topological polar surface area (TPSA) is 84.2 Å². The van der Waals surface area contributed by atoms with E-state index in [1.807, 2.05) is 0 Å². The van der Waals surface area contributed by atoms with Gasteiger partial charge >= 0.3 is 0 Å². The van der Waals surface area contributed by atoms with Gasteiger partial charge in [0.05, 0.1) is 10.7 Å². The molecule has 108 valence electrons. The van der Waals surface area contributed by atoms with Gasteiger partial charge in [-0.3, -0.25) is 9.59 Å². The van der Waals surface area contributed by atoms with Crippen molar-refractivity contribution in [3.05, 3.63) is 28.8 Å². The molecule has 2 unspecified atom stereocenters. The number of carbonyl (C=O) groups excluding carboxylic acids is 2. The summed E-state index contributed by atoms with van der Waals surface area (Å²) >= 11 is 6.05. The number of halogens is 1. The average Bonchev–Trinajstić information content (AvgIpc) is 2.87. The molecule has 0 heterocycles. The van der Waals surface area contributed by atoms with E-state index < -0.39 is 0 Å². The lowest BCUT2D eigenvalue weighted by Gasteiger charge is -2.13. The Morgan fingerprint density at radius 1 is 1.35 bits per heavy atom. The van der Waals surface area contributed by atoms with Gasteiger partial charge in [-0.1, -0.05) is 11.6 Å². The van der Waals surface area contributed by atoms with E-state index in [-0.39, 0.29) is 23.8 Å². The summed E-state index contributed by atoms with van der Waals surface area (Å²) in [5, 5.41) is 5.73. The normalized spacial score (nSPS) is 21.6. The fourth-order valence-corrected chi connectivity index (χ4v) is 2.56. The van der Waals surface area contributed by atoms with Gasteiger partial charge in [0.25, 0.3) is 5.91 Å². The highest BCUT2D eigenvalue weighted by molar-refractivity contribution is 6.33. The van der Waals surface area contributed by atoms with Crippen LogP contribution in [0.2, 0.25) is 5.02 Å². The molecule has 2 atom stereocenters. The molecule has 0 saturated heterocycles. The first-order valence-electron chi connectivity index (χ1n) is 6.59. The van der Waals surface area contributed by atoms with Crippen molar-refractivity contribution in [1.29, 1.82) is 0 Å². The molecule has 1 aliphatic carbocycles. The zero-order valence-corrected chi connectivity index (χ0v) is 12.0. The van der Waals surface area contributed by atoms with E-state index in [2.05, 4.69) is 10.6 Å². The molecule has 1 aromatic rings. The monoisotopic (exact) mass is 295 g/mol. The van der Waals surface area contributed by atoms with Gasteiger partial charge in [-0.2, -0.15) is 0 Å². The Morgan fingerprint density at radius 2 is 2.10 bits per heavy atom. The van der Waals surface area contributed by atoms with E-state index in [9.17, 15) is 9.59 Å².